The Morgan fingerprint density at radius 2 is 2.00 bits per heavy atom. The van der Waals surface area contributed by atoms with Crippen LogP contribution in [-0.4, -0.2) is 23.9 Å². The number of pyridine rings is 1. The van der Waals surface area contributed by atoms with E-state index >= 15 is 0 Å². The van der Waals surface area contributed by atoms with Gasteiger partial charge in [-0.05, 0) is 30.8 Å². The number of rotatable bonds is 8. The maximum Gasteiger partial charge on any atom is 0.137 e. The standard InChI is InChI=1S/C16H20N2OS/c1-2-17-12-14-8-9-15(13-18-14)19-10-11-20-16-6-4-3-5-7-16/h3-9,13,17H,2,10-12H2,1H3. The lowest BCUT2D eigenvalue weighted by Gasteiger charge is -2.07. The van der Waals surface area contributed by atoms with Crippen molar-refractivity contribution >= 4 is 11.8 Å². The molecule has 0 bridgehead atoms. The van der Waals surface area contributed by atoms with Crippen LogP contribution in [0.1, 0.15) is 12.6 Å². The minimum Gasteiger partial charge on any atom is -0.491 e. The van der Waals surface area contributed by atoms with Gasteiger partial charge in [-0.2, -0.15) is 0 Å². The van der Waals surface area contributed by atoms with Crippen LogP contribution in [0.15, 0.2) is 53.6 Å². The molecule has 0 unspecified atom stereocenters. The summed E-state index contributed by atoms with van der Waals surface area (Å²) in [5, 5.41) is 3.25. The van der Waals surface area contributed by atoms with Crippen molar-refractivity contribution in [2.45, 2.75) is 18.4 Å². The zero-order valence-electron chi connectivity index (χ0n) is 11.7. The van der Waals surface area contributed by atoms with Crippen molar-refractivity contribution in [3.05, 3.63) is 54.4 Å². The first kappa shape index (κ1) is 14.9. The van der Waals surface area contributed by atoms with Crippen molar-refractivity contribution in [2.75, 3.05) is 18.9 Å². The molecule has 1 N–H and O–H groups in total. The first-order valence-corrected chi connectivity index (χ1v) is 7.83. The summed E-state index contributed by atoms with van der Waals surface area (Å²) in [6.07, 6.45) is 1.79. The molecule has 0 radical (unpaired) electrons. The molecule has 0 saturated carbocycles. The van der Waals surface area contributed by atoms with Crippen LogP contribution >= 0.6 is 11.8 Å². The van der Waals surface area contributed by atoms with Crippen LogP contribution in [0.25, 0.3) is 0 Å². The molecule has 106 valence electrons. The summed E-state index contributed by atoms with van der Waals surface area (Å²) < 4.78 is 5.68. The van der Waals surface area contributed by atoms with E-state index in [1.165, 1.54) is 4.90 Å². The zero-order valence-corrected chi connectivity index (χ0v) is 12.5. The first-order chi connectivity index (χ1) is 9.88. The van der Waals surface area contributed by atoms with E-state index in [1.807, 2.05) is 18.2 Å². The van der Waals surface area contributed by atoms with Crippen LogP contribution < -0.4 is 10.1 Å². The SMILES string of the molecule is CCNCc1ccc(OCCSc2ccccc2)cn1. The summed E-state index contributed by atoms with van der Waals surface area (Å²) in [5.74, 6) is 1.77. The van der Waals surface area contributed by atoms with Crippen LogP contribution in [0.5, 0.6) is 5.75 Å². The molecular formula is C16H20N2OS. The molecule has 1 heterocycles. The van der Waals surface area contributed by atoms with E-state index < -0.39 is 0 Å². The number of hydrogen-bond acceptors (Lipinski definition) is 4. The Labute approximate surface area is 124 Å². The van der Waals surface area contributed by atoms with Crippen molar-refractivity contribution in [2.24, 2.45) is 0 Å². The molecule has 0 saturated heterocycles. The van der Waals surface area contributed by atoms with Gasteiger partial charge in [-0.15, -0.1) is 11.8 Å². The fraction of sp³-hybridized carbons (Fsp3) is 0.312. The molecule has 1 aromatic carbocycles. The van der Waals surface area contributed by atoms with Crippen LogP contribution in [0.2, 0.25) is 0 Å². The highest BCUT2D eigenvalue weighted by Gasteiger charge is 1.98. The number of aromatic nitrogens is 1. The third-order valence-electron chi connectivity index (χ3n) is 2.72. The average Bonchev–Trinajstić information content (AvgIpc) is 2.52. The fourth-order valence-corrected chi connectivity index (χ4v) is 2.44. The highest BCUT2D eigenvalue weighted by Crippen LogP contribution is 2.17. The topological polar surface area (TPSA) is 34.1 Å². The summed E-state index contributed by atoms with van der Waals surface area (Å²) in [7, 11) is 0. The van der Waals surface area contributed by atoms with Crippen molar-refractivity contribution in [1.82, 2.24) is 10.3 Å². The lowest BCUT2D eigenvalue weighted by atomic mass is 10.3. The number of nitrogens with one attached hydrogen (secondary N) is 1. The van der Waals surface area contributed by atoms with Gasteiger partial charge in [0, 0.05) is 17.2 Å². The molecule has 0 spiro atoms. The van der Waals surface area contributed by atoms with E-state index in [0.717, 1.165) is 30.3 Å². The van der Waals surface area contributed by atoms with Gasteiger partial charge in [0.15, 0.2) is 0 Å². The highest BCUT2D eigenvalue weighted by molar-refractivity contribution is 7.99. The molecule has 4 heteroatoms. The summed E-state index contributed by atoms with van der Waals surface area (Å²) >= 11 is 1.80. The van der Waals surface area contributed by atoms with Gasteiger partial charge >= 0.3 is 0 Å². The lowest BCUT2D eigenvalue weighted by Crippen LogP contribution is -2.12. The minimum absolute atomic E-state index is 0.688. The van der Waals surface area contributed by atoms with Crippen LogP contribution in [0.3, 0.4) is 0 Å². The molecule has 20 heavy (non-hydrogen) atoms. The molecule has 2 aromatic rings. The monoisotopic (exact) mass is 288 g/mol. The molecular weight excluding hydrogens is 268 g/mol. The third kappa shape index (κ3) is 5.23. The van der Waals surface area contributed by atoms with Crippen molar-refractivity contribution < 1.29 is 4.74 Å². The Kier molecular flexibility index (Phi) is 6.41. The second kappa shape index (κ2) is 8.61. The summed E-state index contributed by atoms with van der Waals surface area (Å²) in [6.45, 7) is 4.53. The van der Waals surface area contributed by atoms with E-state index in [-0.39, 0.29) is 0 Å². The Bertz CT molecular complexity index is 488. The molecule has 0 amide bonds. The maximum atomic E-state index is 5.68. The van der Waals surface area contributed by atoms with E-state index in [4.69, 9.17) is 4.74 Å². The number of hydrogen-bond donors (Lipinski definition) is 1. The predicted octanol–water partition coefficient (Wildman–Crippen LogP) is 3.36. The lowest BCUT2D eigenvalue weighted by molar-refractivity contribution is 0.342. The van der Waals surface area contributed by atoms with E-state index in [1.54, 1.807) is 18.0 Å². The Morgan fingerprint density at radius 1 is 1.15 bits per heavy atom. The summed E-state index contributed by atoms with van der Waals surface area (Å²) in [5.41, 5.74) is 1.04. The second-order valence-electron chi connectivity index (χ2n) is 4.28. The number of thioether (sulfide) groups is 1. The maximum absolute atomic E-state index is 5.68. The van der Waals surface area contributed by atoms with Crippen LogP contribution in [-0.2, 0) is 6.54 Å². The van der Waals surface area contributed by atoms with Gasteiger partial charge in [-0.25, -0.2) is 0 Å². The Morgan fingerprint density at radius 3 is 2.70 bits per heavy atom. The zero-order chi connectivity index (χ0) is 14.0. The van der Waals surface area contributed by atoms with Gasteiger partial charge < -0.3 is 10.1 Å². The molecule has 2 rings (SSSR count). The minimum atomic E-state index is 0.688. The van der Waals surface area contributed by atoms with E-state index in [9.17, 15) is 0 Å². The van der Waals surface area contributed by atoms with E-state index in [0.29, 0.717) is 6.61 Å². The fourth-order valence-electron chi connectivity index (χ4n) is 1.69. The molecule has 0 atom stereocenters. The normalized spacial score (nSPS) is 10.4. The third-order valence-corrected chi connectivity index (χ3v) is 3.69. The van der Waals surface area contributed by atoms with E-state index in [2.05, 4.69) is 41.5 Å². The molecule has 0 aliphatic heterocycles. The van der Waals surface area contributed by atoms with Gasteiger partial charge in [0.25, 0.3) is 0 Å². The van der Waals surface area contributed by atoms with Crippen LogP contribution in [0.4, 0.5) is 0 Å². The quantitative estimate of drug-likeness (QED) is 0.596. The smallest absolute Gasteiger partial charge is 0.137 e. The largest absolute Gasteiger partial charge is 0.491 e. The Balaban J connectivity index is 1.69. The number of benzene rings is 1. The number of nitrogens with zero attached hydrogens (tertiary/aromatic N) is 1. The molecule has 3 nitrogen and oxygen atoms in total. The molecule has 0 aliphatic rings. The van der Waals surface area contributed by atoms with Crippen molar-refractivity contribution in [1.29, 1.82) is 0 Å². The first-order valence-electron chi connectivity index (χ1n) is 6.85. The van der Waals surface area contributed by atoms with Crippen LogP contribution in [0, 0.1) is 0 Å². The second-order valence-corrected chi connectivity index (χ2v) is 5.44. The summed E-state index contributed by atoms with van der Waals surface area (Å²) in [4.78, 5) is 5.63. The van der Waals surface area contributed by atoms with Crippen molar-refractivity contribution in [3.63, 3.8) is 0 Å². The van der Waals surface area contributed by atoms with Gasteiger partial charge in [-0.1, -0.05) is 25.1 Å². The van der Waals surface area contributed by atoms with Crippen molar-refractivity contribution in [3.8, 4) is 5.75 Å². The Hall–Kier alpha value is -1.52. The van der Waals surface area contributed by atoms with Gasteiger partial charge in [0.1, 0.15) is 5.75 Å². The van der Waals surface area contributed by atoms with Gasteiger partial charge in [0.2, 0.25) is 0 Å². The highest BCUT2D eigenvalue weighted by atomic mass is 32.2. The van der Waals surface area contributed by atoms with Gasteiger partial charge in [0.05, 0.1) is 18.5 Å². The molecule has 0 aliphatic carbocycles. The predicted molar refractivity (Wildman–Crippen MR) is 84.3 cm³/mol. The molecule has 0 fully saturated rings. The van der Waals surface area contributed by atoms with Gasteiger partial charge in [-0.3, -0.25) is 4.98 Å². The average molecular weight is 288 g/mol. The number of ether oxygens (including phenoxy) is 1. The summed E-state index contributed by atoms with van der Waals surface area (Å²) in [6, 6.07) is 14.3. The molecule has 1 aromatic heterocycles.